The smallest absolute Gasteiger partial charge is 0.340 e. The van der Waals surface area contributed by atoms with Gasteiger partial charge in [-0.15, -0.1) is 0 Å². The average molecular weight is 414 g/mol. The van der Waals surface area contributed by atoms with Gasteiger partial charge in [0.25, 0.3) is 5.91 Å². The van der Waals surface area contributed by atoms with Crippen LogP contribution in [0.1, 0.15) is 68.1 Å². The summed E-state index contributed by atoms with van der Waals surface area (Å²) >= 11 is 0. The molecular formula is C23H31N3O4. The van der Waals surface area contributed by atoms with Crippen LogP contribution in [0, 0.1) is 0 Å². The molecule has 0 aromatic heterocycles. The molecule has 0 spiro atoms. The summed E-state index contributed by atoms with van der Waals surface area (Å²) in [6, 6.07) is 6.65. The van der Waals surface area contributed by atoms with Crippen molar-refractivity contribution in [1.82, 2.24) is 10.6 Å². The molecule has 0 unspecified atom stereocenters. The molecule has 3 N–H and O–H groups in total. The van der Waals surface area contributed by atoms with Gasteiger partial charge in [-0.2, -0.15) is 0 Å². The highest BCUT2D eigenvalue weighted by atomic mass is 16.5. The van der Waals surface area contributed by atoms with Crippen LogP contribution in [-0.2, 0) is 9.53 Å². The average Bonchev–Trinajstić information content (AvgIpc) is 3.26. The van der Waals surface area contributed by atoms with Crippen LogP contribution in [0.5, 0.6) is 0 Å². The van der Waals surface area contributed by atoms with E-state index in [1.165, 1.54) is 18.4 Å². The molecule has 1 fully saturated rings. The predicted octanol–water partition coefficient (Wildman–Crippen LogP) is 3.91. The lowest BCUT2D eigenvalue weighted by Gasteiger charge is -2.15. The Balaban J connectivity index is 1.43. The number of hydrogen-bond donors (Lipinski definition) is 3. The number of amides is 3. The maximum Gasteiger partial charge on any atom is 0.340 e. The number of esters is 1. The van der Waals surface area contributed by atoms with Crippen LogP contribution >= 0.6 is 0 Å². The molecule has 1 aromatic carbocycles. The molecule has 2 aliphatic carbocycles. The first-order valence-electron chi connectivity index (χ1n) is 10.9. The van der Waals surface area contributed by atoms with E-state index in [-0.39, 0.29) is 6.04 Å². The highest BCUT2D eigenvalue weighted by molar-refractivity contribution is 5.99. The van der Waals surface area contributed by atoms with Gasteiger partial charge < -0.3 is 15.4 Å². The zero-order valence-electron chi connectivity index (χ0n) is 17.4. The Kier molecular flexibility index (Phi) is 8.30. The molecule has 1 saturated carbocycles. The van der Waals surface area contributed by atoms with Crippen molar-refractivity contribution in [3.05, 3.63) is 41.5 Å². The van der Waals surface area contributed by atoms with Crippen molar-refractivity contribution in [2.75, 3.05) is 18.5 Å². The van der Waals surface area contributed by atoms with Crippen molar-refractivity contribution < 1.29 is 19.1 Å². The Morgan fingerprint density at radius 2 is 1.83 bits per heavy atom. The van der Waals surface area contributed by atoms with E-state index in [0.29, 0.717) is 11.3 Å². The van der Waals surface area contributed by atoms with Gasteiger partial charge in [0.1, 0.15) is 0 Å². The molecule has 0 aliphatic heterocycles. The zero-order valence-corrected chi connectivity index (χ0v) is 17.4. The Morgan fingerprint density at radius 3 is 2.60 bits per heavy atom. The Hall–Kier alpha value is -2.83. The molecule has 0 radical (unpaired) electrons. The molecule has 0 bridgehead atoms. The topological polar surface area (TPSA) is 96.5 Å². The molecule has 7 heteroatoms. The van der Waals surface area contributed by atoms with Crippen LogP contribution < -0.4 is 16.0 Å². The third kappa shape index (κ3) is 6.90. The molecule has 0 heterocycles. The quantitative estimate of drug-likeness (QED) is 0.443. The largest absolute Gasteiger partial charge is 0.452 e. The molecule has 2 aliphatic rings. The summed E-state index contributed by atoms with van der Waals surface area (Å²) in [5.74, 6) is -1.24. The molecule has 0 atom stereocenters. The number of ether oxygens (including phenoxy) is 1. The van der Waals surface area contributed by atoms with Gasteiger partial charge >= 0.3 is 12.0 Å². The summed E-state index contributed by atoms with van der Waals surface area (Å²) in [7, 11) is 0. The van der Waals surface area contributed by atoms with Crippen LogP contribution in [0.15, 0.2) is 35.9 Å². The van der Waals surface area contributed by atoms with E-state index in [1.807, 2.05) is 12.1 Å². The second-order valence-electron chi connectivity index (χ2n) is 7.91. The van der Waals surface area contributed by atoms with Crippen LogP contribution in [-0.4, -0.2) is 37.1 Å². The van der Waals surface area contributed by atoms with Crippen LogP contribution in [0.4, 0.5) is 10.5 Å². The highest BCUT2D eigenvalue weighted by Crippen LogP contribution is 2.21. The number of urea groups is 1. The number of benzene rings is 1. The summed E-state index contributed by atoms with van der Waals surface area (Å²) in [5, 5.41) is 8.27. The summed E-state index contributed by atoms with van der Waals surface area (Å²) in [4.78, 5) is 36.2. The van der Waals surface area contributed by atoms with Crippen molar-refractivity contribution in [3.8, 4) is 0 Å². The predicted molar refractivity (Wildman–Crippen MR) is 115 cm³/mol. The van der Waals surface area contributed by atoms with Crippen molar-refractivity contribution in [1.29, 1.82) is 0 Å². The first-order chi connectivity index (χ1) is 14.6. The van der Waals surface area contributed by atoms with E-state index in [9.17, 15) is 14.4 Å². The van der Waals surface area contributed by atoms with E-state index in [1.54, 1.807) is 12.1 Å². The minimum atomic E-state index is -0.645. The number of carbonyl (C=O) groups is 3. The number of nitrogens with one attached hydrogen (secondary N) is 3. The third-order valence-electron chi connectivity index (χ3n) is 5.57. The van der Waals surface area contributed by atoms with E-state index < -0.39 is 24.5 Å². The number of imide groups is 1. The molecule has 7 nitrogen and oxygen atoms in total. The molecule has 3 amide bonds. The minimum Gasteiger partial charge on any atom is -0.452 e. The number of carbonyl (C=O) groups excluding carboxylic acids is 3. The fraction of sp³-hybridized carbons (Fsp3) is 0.522. The maximum absolute atomic E-state index is 12.4. The van der Waals surface area contributed by atoms with Gasteiger partial charge in [-0.3, -0.25) is 10.1 Å². The minimum absolute atomic E-state index is 0.114. The first-order valence-corrected chi connectivity index (χ1v) is 10.9. The summed E-state index contributed by atoms with van der Waals surface area (Å²) in [5.41, 5.74) is 2.51. The van der Waals surface area contributed by atoms with Gasteiger partial charge in [0, 0.05) is 18.3 Å². The van der Waals surface area contributed by atoms with Gasteiger partial charge in [-0.1, -0.05) is 36.6 Å². The number of anilines is 1. The third-order valence-corrected chi connectivity index (χ3v) is 5.57. The SMILES string of the molecule is O=C(COC(=O)c1ccccc1NCCC1=CCCCC1)NC(=O)NC1CCCC1. The van der Waals surface area contributed by atoms with Crippen molar-refractivity contribution in [3.63, 3.8) is 0 Å². The van der Waals surface area contributed by atoms with Crippen LogP contribution in [0.2, 0.25) is 0 Å². The van der Waals surface area contributed by atoms with Gasteiger partial charge in [-0.05, 0) is 57.1 Å². The standard InChI is InChI=1S/C23H31N3O4/c27-21(26-23(29)25-18-10-4-5-11-18)16-30-22(28)19-12-6-7-13-20(19)24-15-14-17-8-2-1-3-9-17/h6-8,12-13,18,24H,1-5,9-11,14-16H2,(H2,25,26,27,29). The van der Waals surface area contributed by atoms with Crippen LogP contribution in [0.25, 0.3) is 0 Å². The van der Waals surface area contributed by atoms with Crippen LogP contribution in [0.3, 0.4) is 0 Å². The van der Waals surface area contributed by atoms with E-state index in [4.69, 9.17) is 4.74 Å². The molecular weight excluding hydrogens is 382 g/mol. The van der Waals surface area contributed by atoms with Gasteiger partial charge in [0.2, 0.25) is 0 Å². The van der Waals surface area contributed by atoms with Crippen molar-refractivity contribution >= 4 is 23.6 Å². The molecule has 30 heavy (non-hydrogen) atoms. The van der Waals surface area contributed by atoms with Crippen molar-refractivity contribution in [2.24, 2.45) is 0 Å². The number of allylic oxidation sites excluding steroid dienone is 1. The zero-order chi connectivity index (χ0) is 21.2. The van der Waals surface area contributed by atoms with E-state index in [0.717, 1.165) is 51.5 Å². The molecule has 0 saturated heterocycles. The molecule has 1 aromatic rings. The van der Waals surface area contributed by atoms with Gasteiger partial charge in [0.05, 0.1) is 5.56 Å². The van der Waals surface area contributed by atoms with E-state index in [2.05, 4.69) is 22.0 Å². The second kappa shape index (κ2) is 11.4. The summed E-state index contributed by atoms with van der Waals surface area (Å²) in [6.07, 6.45) is 12.1. The lowest BCUT2D eigenvalue weighted by molar-refractivity contribution is -0.123. The normalized spacial score (nSPS) is 16.5. The maximum atomic E-state index is 12.4. The molecule has 162 valence electrons. The number of para-hydroxylation sites is 1. The fourth-order valence-electron chi connectivity index (χ4n) is 3.97. The first kappa shape index (κ1) is 21.9. The monoisotopic (exact) mass is 413 g/mol. The lowest BCUT2D eigenvalue weighted by Crippen LogP contribution is -2.45. The summed E-state index contributed by atoms with van der Waals surface area (Å²) < 4.78 is 5.12. The van der Waals surface area contributed by atoms with Gasteiger partial charge in [0.15, 0.2) is 6.61 Å². The number of hydrogen-bond acceptors (Lipinski definition) is 5. The number of rotatable bonds is 8. The molecule has 3 rings (SSSR count). The lowest BCUT2D eigenvalue weighted by atomic mass is 9.97. The fourth-order valence-corrected chi connectivity index (χ4v) is 3.97. The Bertz CT molecular complexity index is 784. The van der Waals surface area contributed by atoms with E-state index >= 15 is 0 Å². The van der Waals surface area contributed by atoms with Gasteiger partial charge in [-0.25, -0.2) is 9.59 Å². The Morgan fingerprint density at radius 1 is 1.03 bits per heavy atom. The highest BCUT2D eigenvalue weighted by Gasteiger charge is 2.19. The summed E-state index contributed by atoms with van der Waals surface area (Å²) in [6.45, 7) is 0.232. The second-order valence-corrected chi connectivity index (χ2v) is 7.91. The Labute approximate surface area is 177 Å². The van der Waals surface area contributed by atoms with Crippen molar-refractivity contribution in [2.45, 2.75) is 63.8 Å².